The molecule has 43 heavy (non-hydrogen) atoms. The third kappa shape index (κ3) is 3.92. The molecule has 0 aliphatic carbocycles. The number of nitrogens with zero attached hydrogens (tertiary/aromatic N) is 2. The standard InChI is InChI=1S/C39H24N2OS/c1-2-8-25(9-3-1)26-14-17-28(18-15-26)41(29-19-20-35-33(22-29)32-12-6-7-13-34(32)42-35)30-23-37-39(40-24-30)38-31-11-5-4-10-27(31)16-21-36(38)43-37/h1-24H. The van der Waals surface area contributed by atoms with Gasteiger partial charge in [0.2, 0.25) is 0 Å². The van der Waals surface area contributed by atoms with Crippen LogP contribution in [0.2, 0.25) is 0 Å². The Morgan fingerprint density at radius 1 is 0.512 bits per heavy atom. The summed E-state index contributed by atoms with van der Waals surface area (Å²) in [5.74, 6) is 0. The van der Waals surface area contributed by atoms with Gasteiger partial charge in [-0.1, -0.05) is 91.0 Å². The van der Waals surface area contributed by atoms with E-state index in [4.69, 9.17) is 9.40 Å². The van der Waals surface area contributed by atoms with Crippen LogP contribution in [0.4, 0.5) is 17.1 Å². The molecule has 202 valence electrons. The molecule has 0 N–H and O–H groups in total. The van der Waals surface area contributed by atoms with Crippen molar-refractivity contribution in [1.82, 2.24) is 4.98 Å². The Kier molecular flexibility index (Phi) is 5.37. The molecular formula is C39H24N2OS. The number of hydrogen-bond donors (Lipinski definition) is 0. The van der Waals surface area contributed by atoms with Crippen LogP contribution in [-0.2, 0) is 0 Å². The van der Waals surface area contributed by atoms with Gasteiger partial charge in [-0.25, -0.2) is 0 Å². The molecule has 0 aliphatic heterocycles. The summed E-state index contributed by atoms with van der Waals surface area (Å²) in [6.45, 7) is 0. The van der Waals surface area contributed by atoms with E-state index >= 15 is 0 Å². The van der Waals surface area contributed by atoms with Crippen LogP contribution < -0.4 is 4.90 Å². The maximum atomic E-state index is 6.16. The minimum Gasteiger partial charge on any atom is -0.456 e. The average molecular weight is 569 g/mol. The zero-order valence-electron chi connectivity index (χ0n) is 23.1. The zero-order chi connectivity index (χ0) is 28.3. The first-order valence-corrected chi connectivity index (χ1v) is 15.2. The van der Waals surface area contributed by atoms with Crippen LogP contribution >= 0.6 is 11.3 Å². The fourth-order valence-electron chi connectivity index (χ4n) is 6.26. The summed E-state index contributed by atoms with van der Waals surface area (Å²) in [6.07, 6.45) is 2.01. The Morgan fingerprint density at radius 3 is 2.12 bits per heavy atom. The van der Waals surface area contributed by atoms with Crippen molar-refractivity contribution < 1.29 is 4.42 Å². The first-order valence-electron chi connectivity index (χ1n) is 14.4. The minimum absolute atomic E-state index is 0.884. The van der Waals surface area contributed by atoms with Crippen molar-refractivity contribution in [1.29, 1.82) is 0 Å². The predicted octanol–water partition coefficient (Wildman–Crippen LogP) is 11.6. The first-order chi connectivity index (χ1) is 21.3. The fraction of sp³-hybridized carbons (Fsp3) is 0. The molecule has 0 spiro atoms. The fourth-order valence-corrected chi connectivity index (χ4v) is 7.37. The minimum atomic E-state index is 0.884. The van der Waals surface area contributed by atoms with Crippen LogP contribution in [0.15, 0.2) is 150 Å². The molecule has 4 heteroatoms. The highest BCUT2D eigenvalue weighted by atomic mass is 32.1. The molecule has 3 nitrogen and oxygen atoms in total. The monoisotopic (exact) mass is 568 g/mol. The molecular weight excluding hydrogens is 545 g/mol. The summed E-state index contributed by atoms with van der Waals surface area (Å²) in [5.41, 5.74) is 8.36. The van der Waals surface area contributed by atoms with Crippen molar-refractivity contribution in [3.05, 3.63) is 146 Å². The number of fused-ring (bicyclic) bond motifs is 8. The summed E-state index contributed by atoms with van der Waals surface area (Å²) >= 11 is 1.80. The molecule has 0 atom stereocenters. The van der Waals surface area contributed by atoms with Gasteiger partial charge in [-0.05, 0) is 70.4 Å². The average Bonchev–Trinajstić information content (AvgIpc) is 3.64. The van der Waals surface area contributed by atoms with E-state index in [2.05, 4.69) is 132 Å². The van der Waals surface area contributed by atoms with Crippen molar-refractivity contribution in [2.75, 3.05) is 4.90 Å². The summed E-state index contributed by atoms with van der Waals surface area (Å²) in [5, 5.41) is 5.93. The van der Waals surface area contributed by atoms with Gasteiger partial charge >= 0.3 is 0 Å². The van der Waals surface area contributed by atoms with Crippen LogP contribution in [0, 0.1) is 0 Å². The van der Waals surface area contributed by atoms with Gasteiger partial charge in [-0.15, -0.1) is 11.3 Å². The molecule has 0 bridgehead atoms. The summed E-state index contributed by atoms with van der Waals surface area (Å²) in [4.78, 5) is 7.41. The van der Waals surface area contributed by atoms with Gasteiger partial charge in [0, 0.05) is 32.2 Å². The van der Waals surface area contributed by atoms with Gasteiger partial charge in [-0.3, -0.25) is 4.98 Å². The van der Waals surface area contributed by atoms with E-state index in [-0.39, 0.29) is 0 Å². The van der Waals surface area contributed by atoms with Crippen molar-refractivity contribution in [3.63, 3.8) is 0 Å². The van der Waals surface area contributed by atoms with Gasteiger partial charge < -0.3 is 9.32 Å². The maximum Gasteiger partial charge on any atom is 0.135 e. The third-order valence-corrected chi connectivity index (χ3v) is 9.39. The number of pyridine rings is 1. The van der Waals surface area contributed by atoms with Gasteiger partial charge in [0.05, 0.1) is 22.1 Å². The molecule has 3 heterocycles. The lowest BCUT2D eigenvalue weighted by atomic mass is 10.0. The number of anilines is 3. The smallest absolute Gasteiger partial charge is 0.135 e. The Morgan fingerprint density at radius 2 is 1.23 bits per heavy atom. The third-order valence-electron chi connectivity index (χ3n) is 8.30. The second-order valence-electron chi connectivity index (χ2n) is 10.8. The van der Waals surface area contributed by atoms with Crippen molar-refractivity contribution in [2.45, 2.75) is 0 Å². The second kappa shape index (κ2) is 9.55. The van der Waals surface area contributed by atoms with Crippen molar-refractivity contribution >= 4 is 81.4 Å². The lowest BCUT2D eigenvalue weighted by Crippen LogP contribution is -2.10. The number of para-hydroxylation sites is 1. The largest absolute Gasteiger partial charge is 0.456 e. The van der Waals surface area contributed by atoms with Crippen molar-refractivity contribution in [2.24, 2.45) is 0 Å². The number of furan rings is 1. The Labute approximate surface area is 251 Å². The van der Waals surface area contributed by atoms with E-state index in [0.717, 1.165) is 44.5 Å². The maximum absolute atomic E-state index is 6.16. The molecule has 6 aromatic carbocycles. The van der Waals surface area contributed by atoms with Crippen LogP contribution in [-0.4, -0.2) is 4.98 Å². The number of aromatic nitrogens is 1. The van der Waals surface area contributed by atoms with E-state index < -0.39 is 0 Å². The van der Waals surface area contributed by atoms with Gasteiger partial charge in [0.15, 0.2) is 0 Å². The molecule has 0 amide bonds. The van der Waals surface area contributed by atoms with E-state index in [9.17, 15) is 0 Å². The van der Waals surface area contributed by atoms with E-state index in [1.54, 1.807) is 11.3 Å². The lowest BCUT2D eigenvalue weighted by Gasteiger charge is -2.25. The number of benzene rings is 6. The molecule has 0 saturated heterocycles. The van der Waals surface area contributed by atoms with E-state index in [0.29, 0.717) is 0 Å². The van der Waals surface area contributed by atoms with Gasteiger partial charge in [-0.2, -0.15) is 0 Å². The highest BCUT2D eigenvalue weighted by Crippen LogP contribution is 2.43. The van der Waals surface area contributed by atoms with E-state index in [1.165, 1.54) is 36.7 Å². The molecule has 0 fully saturated rings. The predicted molar refractivity (Wildman–Crippen MR) is 182 cm³/mol. The number of hydrogen-bond acceptors (Lipinski definition) is 4. The molecule has 0 aliphatic rings. The van der Waals surface area contributed by atoms with E-state index in [1.807, 2.05) is 18.3 Å². The Balaban J connectivity index is 1.24. The van der Waals surface area contributed by atoms with Crippen molar-refractivity contribution in [3.8, 4) is 11.1 Å². The molecule has 9 rings (SSSR count). The Hall–Kier alpha value is -5.45. The highest BCUT2D eigenvalue weighted by molar-refractivity contribution is 7.26. The van der Waals surface area contributed by atoms with Crippen LogP contribution in [0.1, 0.15) is 0 Å². The zero-order valence-corrected chi connectivity index (χ0v) is 23.9. The van der Waals surface area contributed by atoms with Gasteiger partial charge in [0.25, 0.3) is 0 Å². The second-order valence-corrected chi connectivity index (χ2v) is 11.9. The summed E-state index contributed by atoms with van der Waals surface area (Å²) < 4.78 is 8.58. The van der Waals surface area contributed by atoms with Crippen LogP contribution in [0.5, 0.6) is 0 Å². The SMILES string of the molecule is c1ccc(-c2ccc(N(c3cnc4c(c3)sc3ccc5ccccc5c34)c3ccc4oc5ccccc5c4c3)cc2)cc1. The number of rotatable bonds is 4. The molecule has 0 unspecified atom stereocenters. The molecule has 3 aromatic heterocycles. The quantitative estimate of drug-likeness (QED) is 0.211. The molecule has 0 radical (unpaired) electrons. The van der Waals surface area contributed by atoms with Crippen LogP contribution in [0.25, 0.3) is 64.1 Å². The molecule has 0 saturated carbocycles. The highest BCUT2D eigenvalue weighted by Gasteiger charge is 2.18. The summed E-state index contributed by atoms with van der Waals surface area (Å²) in [7, 11) is 0. The normalized spacial score (nSPS) is 11.7. The molecule has 9 aromatic rings. The topological polar surface area (TPSA) is 29.3 Å². The Bertz CT molecular complexity index is 2460. The number of thiophene rings is 1. The summed E-state index contributed by atoms with van der Waals surface area (Å²) in [6, 6.07) is 49.2. The lowest BCUT2D eigenvalue weighted by molar-refractivity contribution is 0.669. The first kappa shape index (κ1) is 24.2. The van der Waals surface area contributed by atoms with Gasteiger partial charge in [0.1, 0.15) is 11.2 Å². The van der Waals surface area contributed by atoms with Crippen LogP contribution in [0.3, 0.4) is 0 Å².